The van der Waals surface area contributed by atoms with Crippen molar-refractivity contribution >= 4 is 25.5 Å². The van der Waals surface area contributed by atoms with Gasteiger partial charge in [-0.1, -0.05) is 19.1 Å². The number of hydrogen-bond acceptors (Lipinski definition) is 5. The number of para-hydroxylation sites is 1. The summed E-state index contributed by atoms with van der Waals surface area (Å²) in [4.78, 5) is 0.206. The molecular formula is C13H20N2O4S2. The van der Waals surface area contributed by atoms with E-state index in [1.165, 1.54) is 4.31 Å². The minimum Gasteiger partial charge on any atom is -0.384 e. The Morgan fingerprint density at radius 2 is 1.81 bits per heavy atom. The highest BCUT2D eigenvalue weighted by atomic mass is 32.2. The largest absolute Gasteiger partial charge is 0.384 e. The molecule has 8 heteroatoms. The third-order valence-electron chi connectivity index (χ3n) is 3.37. The Labute approximate surface area is 126 Å². The Bertz CT molecular complexity index is 685. The topological polar surface area (TPSA) is 83.6 Å². The molecule has 1 aliphatic rings. The number of nitrogens with zero attached hydrogens (tertiary/aromatic N) is 1. The number of rotatable bonds is 5. The quantitative estimate of drug-likeness (QED) is 0.867. The first-order valence-corrected chi connectivity index (χ1v) is 10.2. The van der Waals surface area contributed by atoms with Crippen LogP contribution in [0.5, 0.6) is 0 Å². The van der Waals surface area contributed by atoms with E-state index in [-0.39, 0.29) is 29.5 Å². The lowest BCUT2D eigenvalue weighted by molar-refractivity contribution is 0.431. The molecule has 1 aliphatic heterocycles. The smallest absolute Gasteiger partial charge is 0.245 e. The molecular weight excluding hydrogens is 312 g/mol. The van der Waals surface area contributed by atoms with Crippen molar-refractivity contribution in [2.45, 2.75) is 18.2 Å². The highest BCUT2D eigenvalue weighted by Gasteiger charge is 2.32. The van der Waals surface area contributed by atoms with Crippen LogP contribution in [-0.2, 0) is 19.9 Å². The molecule has 2 rings (SSSR count). The fraction of sp³-hybridized carbons (Fsp3) is 0.538. The summed E-state index contributed by atoms with van der Waals surface area (Å²) in [6.45, 7) is 2.72. The van der Waals surface area contributed by atoms with Crippen molar-refractivity contribution in [1.82, 2.24) is 4.31 Å². The van der Waals surface area contributed by atoms with E-state index in [2.05, 4.69) is 5.32 Å². The Hall–Kier alpha value is -1.12. The van der Waals surface area contributed by atoms with Gasteiger partial charge in [0, 0.05) is 19.6 Å². The predicted octanol–water partition coefficient (Wildman–Crippen LogP) is 0.928. The van der Waals surface area contributed by atoms with Gasteiger partial charge in [-0.3, -0.25) is 0 Å². The lowest BCUT2D eigenvalue weighted by Gasteiger charge is -2.27. The first-order valence-electron chi connectivity index (χ1n) is 6.90. The van der Waals surface area contributed by atoms with Gasteiger partial charge in [-0.15, -0.1) is 0 Å². The molecule has 1 saturated heterocycles. The predicted molar refractivity (Wildman–Crippen MR) is 82.6 cm³/mol. The molecule has 0 saturated carbocycles. The van der Waals surface area contributed by atoms with Gasteiger partial charge in [0.15, 0.2) is 9.84 Å². The minimum atomic E-state index is -3.67. The summed E-state index contributed by atoms with van der Waals surface area (Å²) in [6.07, 6.45) is 0.885. The van der Waals surface area contributed by atoms with Crippen LogP contribution in [-0.4, -0.2) is 52.3 Å². The molecule has 0 aliphatic carbocycles. The second-order valence-corrected chi connectivity index (χ2v) is 9.19. The fourth-order valence-electron chi connectivity index (χ4n) is 2.17. The maximum Gasteiger partial charge on any atom is 0.245 e. The highest BCUT2D eigenvalue weighted by Crippen LogP contribution is 2.25. The number of nitrogens with one attached hydrogen (secondary N) is 1. The lowest BCUT2D eigenvalue weighted by atomic mass is 10.3. The van der Waals surface area contributed by atoms with Crippen molar-refractivity contribution in [3.8, 4) is 0 Å². The average Bonchev–Trinajstić information content (AvgIpc) is 2.45. The highest BCUT2D eigenvalue weighted by molar-refractivity contribution is 7.92. The van der Waals surface area contributed by atoms with Crippen molar-refractivity contribution in [3.63, 3.8) is 0 Å². The first-order chi connectivity index (χ1) is 9.87. The molecule has 6 nitrogen and oxygen atoms in total. The van der Waals surface area contributed by atoms with E-state index in [9.17, 15) is 16.8 Å². The zero-order valence-electron chi connectivity index (χ0n) is 11.9. The van der Waals surface area contributed by atoms with Gasteiger partial charge < -0.3 is 5.32 Å². The molecule has 0 unspecified atom stereocenters. The maximum absolute atomic E-state index is 12.7. The van der Waals surface area contributed by atoms with Crippen LogP contribution in [0, 0.1) is 0 Å². The summed E-state index contributed by atoms with van der Waals surface area (Å²) in [5.74, 6) is -0.229. The summed E-state index contributed by atoms with van der Waals surface area (Å²) in [5, 5.41) is 3.10. The number of hydrogen-bond donors (Lipinski definition) is 1. The van der Waals surface area contributed by atoms with Crippen LogP contribution < -0.4 is 5.32 Å². The SMILES string of the molecule is CCCNc1ccccc1S(=O)(=O)N1CCS(=O)(=O)CC1. The van der Waals surface area contributed by atoms with E-state index in [1.54, 1.807) is 24.3 Å². The molecule has 0 bridgehead atoms. The van der Waals surface area contributed by atoms with Crippen molar-refractivity contribution in [3.05, 3.63) is 24.3 Å². The lowest BCUT2D eigenvalue weighted by Crippen LogP contribution is -2.43. The van der Waals surface area contributed by atoms with Gasteiger partial charge in [0.2, 0.25) is 10.0 Å². The zero-order valence-corrected chi connectivity index (χ0v) is 13.6. The number of anilines is 1. The second kappa shape index (κ2) is 6.33. The summed E-state index contributed by atoms with van der Waals surface area (Å²) < 4.78 is 49.5. The van der Waals surface area contributed by atoms with Gasteiger partial charge in [0.25, 0.3) is 0 Å². The van der Waals surface area contributed by atoms with Crippen LogP contribution >= 0.6 is 0 Å². The molecule has 1 heterocycles. The van der Waals surface area contributed by atoms with E-state index >= 15 is 0 Å². The fourth-order valence-corrected chi connectivity index (χ4v) is 5.21. The molecule has 1 N–H and O–H groups in total. The van der Waals surface area contributed by atoms with Gasteiger partial charge >= 0.3 is 0 Å². The van der Waals surface area contributed by atoms with Gasteiger partial charge in [0.05, 0.1) is 17.2 Å². The standard InChI is InChI=1S/C13H20N2O4S2/c1-2-7-14-12-5-3-4-6-13(12)21(18,19)15-8-10-20(16,17)11-9-15/h3-6,14H,2,7-11H2,1H3. The Kier molecular flexibility index (Phi) is 4.90. The summed E-state index contributed by atoms with van der Waals surface area (Å²) in [7, 11) is -6.77. The van der Waals surface area contributed by atoms with E-state index in [0.717, 1.165) is 6.42 Å². The maximum atomic E-state index is 12.7. The molecule has 0 amide bonds. The minimum absolute atomic E-state index is 0.0206. The molecule has 1 fully saturated rings. The third kappa shape index (κ3) is 3.75. The van der Waals surface area contributed by atoms with Crippen molar-refractivity contribution in [1.29, 1.82) is 0 Å². The first kappa shape index (κ1) is 16.3. The molecule has 1 aromatic rings. The van der Waals surface area contributed by atoms with Crippen LogP contribution in [0.2, 0.25) is 0 Å². The van der Waals surface area contributed by atoms with Crippen molar-refractivity contribution in [2.75, 3.05) is 36.5 Å². The Morgan fingerprint density at radius 1 is 1.19 bits per heavy atom. The van der Waals surface area contributed by atoms with E-state index in [4.69, 9.17) is 0 Å². The van der Waals surface area contributed by atoms with E-state index in [1.807, 2.05) is 6.92 Å². The van der Waals surface area contributed by atoms with Crippen LogP contribution in [0.4, 0.5) is 5.69 Å². The van der Waals surface area contributed by atoms with E-state index < -0.39 is 19.9 Å². The normalized spacial score (nSPS) is 19.3. The van der Waals surface area contributed by atoms with Crippen LogP contribution in [0.15, 0.2) is 29.2 Å². The van der Waals surface area contributed by atoms with Gasteiger partial charge in [-0.25, -0.2) is 16.8 Å². The van der Waals surface area contributed by atoms with E-state index in [0.29, 0.717) is 12.2 Å². The number of sulfone groups is 1. The summed E-state index contributed by atoms with van der Waals surface area (Å²) in [6, 6.07) is 6.72. The molecule has 118 valence electrons. The Balaban J connectivity index is 2.28. The molecule has 0 spiro atoms. The average molecular weight is 332 g/mol. The third-order valence-corrected chi connectivity index (χ3v) is 6.94. The van der Waals surface area contributed by atoms with Crippen molar-refractivity contribution < 1.29 is 16.8 Å². The number of benzene rings is 1. The van der Waals surface area contributed by atoms with Crippen LogP contribution in [0.25, 0.3) is 0 Å². The molecule has 21 heavy (non-hydrogen) atoms. The molecule has 0 radical (unpaired) electrons. The van der Waals surface area contributed by atoms with Crippen molar-refractivity contribution in [2.24, 2.45) is 0 Å². The summed E-state index contributed by atoms with van der Waals surface area (Å²) >= 11 is 0. The number of sulfonamides is 1. The monoisotopic (exact) mass is 332 g/mol. The van der Waals surface area contributed by atoms with Crippen LogP contribution in [0.3, 0.4) is 0 Å². The van der Waals surface area contributed by atoms with Gasteiger partial charge in [0.1, 0.15) is 4.90 Å². The van der Waals surface area contributed by atoms with Gasteiger partial charge in [-0.05, 0) is 18.6 Å². The molecule has 0 aromatic heterocycles. The molecule has 1 aromatic carbocycles. The second-order valence-electron chi connectivity index (χ2n) is 4.98. The summed E-state index contributed by atoms with van der Waals surface area (Å²) in [5.41, 5.74) is 0.563. The molecule has 0 atom stereocenters. The Morgan fingerprint density at radius 3 is 2.43 bits per heavy atom. The van der Waals surface area contributed by atoms with Crippen LogP contribution in [0.1, 0.15) is 13.3 Å². The van der Waals surface area contributed by atoms with Gasteiger partial charge in [-0.2, -0.15) is 4.31 Å². The zero-order chi connectivity index (χ0) is 15.5.